The topological polar surface area (TPSA) is 81.4 Å². The summed E-state index contributed by atoms with van der Waals surface area (Å²) in [6.07, 6.45) is 1.45. The molecule has 1 aromatic carbocycles. The van der Waals surface area contributed by atoms with E-state index >= 15 is 0 Å². The van der Waals surface area contributed by atoms with Gasteiger partial charge in [-0.25, -0.2) is 0 Å². The predicted molar refractivity (Wildman–Crippen MR) is 69.6 cm³/mol. The second-order valence-electron chi connectivity index (χ2n) is 3.62. The van der Waals surface area contributed by atoms with Crippen molar-refractivity contribution in [3.8, 4) is 5.75 Å². The Morgan fingerprint density at radius 2 is 2.26 bits per heavy atom. The van der Waals surface area contributed by atoms with Gasteiger partial charge in [0, 0.05) is 0 Å². The van der Waals surface area contributed by atoms with Crippen LogP contribution in [0.3, 0.4) is 0 Å². The molecule has 2 aromatic heterocycles. The molecule has 8 heteroatoms. The van der Waals surface area contributed by atoms with Gasteiger partial charge < -0.3 is 10.1 Å². The molecule has 0 saturated carbocycles. The Kier molecular flexibility index (Phi) is 2.84. The number of carbonyl (C=O) groups is 1. The maximum absolute atomic E-state index is 12.1. The molecule has 3 aromatic rings. The Bertz CT molecular complexity index is 707. The van der Waals surface area contributed by atoms with E-state index in [1.807, 2.05) is 12.1 Å². The molecular weight excluding hydrogens is 266 g/mol. The molecule has 3 rings (SSSR count). The summed E-state index contributed by atoms with van der Waals surface area (Å²) >= 11 is 1.17. The predicted octanol–water partition coefficient (Wildman–Crippen LogP) is 1.45. The molecule has 96 valence electrons. The summed E-state index contributed by atoms with van der Waals surface area (Å²) in [5, 5.41) is 14.7. The first kappa shape index (κ1) is 11.6. The molecule has 0 radical (unpaired) electrons. The van der Waals surface area contributed by atoms with Gasteiger partial charge in [0.25, 0.3) is 5.91 Å². The molecule has 0 fully saturated rings. The smallest absolute Gasteiger partial charge is 0.286 e. The fourth-order valence-corrected chi connectivity index (χ4v) is 2.29. The van der Waals surface area contributed by atoms with Crippen molar-refractivity contribution in [2.45, 2.75) is 0 Å². The summed E-state index contributed by atoms with van der Waals surface area (Å²) < 4.78 is 6.63. The molecular formula is C11H9N5O2S. The van der Waals surface area contributed by atoms with Crippen LogP contribution < -0.4 is 10.1 Å². The highest BCUT2D eigenvalue weighted by Gasteiger charge is 2.15. The van der Waals surface area contributed by atoms with Crippen LogP contribution >= 0.6 is 11.3 Å². The number of nitrogens with zero attached hydrogens (tertiary/aromatic N) is 4. The number of carbonyl (C=O) groups excluding carboxylic acids is 1. The lowest BCUT2D eigenvalue weighted by atomic mass is 10.3. The molecule has 0 spiro atoms. The Morgan fingerprint density at radius 1 is 1.42 bits per heavy atom. The minimum Gasteiger partial charge on any atom is -0.495 e. The Balaban J connectivity index is 1.86. The summed E-state index contributed by atoms with van der Waals surface area (Å²) in [7, 11) is 1.55. The average Bonchev–Trinajstić information content (AvgIpc) is 3.00. The molecule has 2 heterocycles. The maximum Gasteiger partial charge on any atom is 0.286 e. The van der Waals surface area contributed by atoms with Crippen molar-refractivity contribution in [1.82, 2.24) is 19.8 Å². The summed E-state index contributed by atoms with van der Waals surface area (Å²) in [6.45, 7) is 0. The number of aromatic nitrogens is 4. The van der Waals surface area contributed by atoms with Gasteiger partial charge in [0.15, 0.2) is 0 Å². The minimum atomic E-state index is -0.306. The van der Waals surface area contributed by atoms with Gasteiger partial charge in [-0.2, -0.15) is 4.52 Å². The Hall–Kier alpha value is -2.48. The Labute approximate surface area is 111 Å². The van der Waals surface area contributed by atoms with Crippen LogP contribution in [0.2, 0.25) is 0 Å². The monoisotopic (exact) mass is 275 g/mol. The molecule has 1 amide bonds. The van der Waals surface area contributed by atoms with Crippen molar-refractivity contribution in [2.75, 3.05) is 12.4 Å². The van der Waals surface area contributed by atoms with Crippen LogP contribution in [0, 0.1) is 0 Å². The van der Waals surface area contributed by atoms with E-state index in [2.05, 4.69) is 20.6 Å². The van der Waals surface area contributed by atoms with E-state index in [0.717, 1.165) is 0 Å². The van der Waals surface area contributed by atoms with E-state index in [4.69, 9.17) is 4.74 Å². The summed E-state index contributed by atoms with van der Waals surface area (Å²) in [6, 6.07) is 7.18. The normalized spacial score (nSPS) is 10.6. The molecule has 0 aliphatic rings. The van der Waals surface area contributed by atoms with Gasteiger partial charge in [0.2, 0.25) is 9.97 Å². The lowest BCUT2D eigenvalue weighted by molar-refractivity contribution is 0.102. The zero-order valence-corrected chi connectivity index (χ0v) is 10.7. The standard InChI is InChI=1S/C11H9N5O2S/c1-18-8-5-3-2-4-7(8)13-9(17)10-15-16-6-12-14-11(16)19-10/h2-6H,1H3,(H,13,17). The molecule has 0 atom stereocenters. The first-order valence-electron chi connectivity index (χ1n) is 5.39. The number of ether oxygens (including phenoxy) is 1. The fourth-order valence-electron chi connectivity index (χ4n) is 1.58. The van der Waals surface area contributed by atoms with Crippen LogP contribution in [-0.4, -0.2) is 32.8 Å². The molecule has 1 N–H and O–H groups in total. The highest BCUT2D eigenvalue weighted by molar-refractivity contribution is 7.18. The molecule has 7 nitrogen and oxygen atoms in total. The third-order valence-corrected chi connectivity index (χ3v) is 3.35. The highest BCUT2D eigenvalue weighted by atomic mass is 32.1. The van der Waals surface area contributed by atoms with Crippen molar-refractivity contribution in [3.63, 3.8) is 0 Å². The molecule has 0 aliphatic carbocycles. The summed E-state index contributed by atoms with van der Waals surface area (Å²) in [4.78, 5) is 12.6. The number of methoxy groups -OCH3 is 1. The van der Waals surface area contributed by atoms with Gasteiger partial charge >= 0.3 is 0 Å². The van der Waals surface area contributed by atoms with Gasteiger partial charge in [0.05, 0.1) is 12.8 Å². The molecule has 0 bridgehead atoms. The number of amides is 1. The lowest BCUT2D eigenvalue weighted by Gasteiger charge is -2.07. The van der Waals surface area contributed by atoms with Crippen molar-refractivity contribution in [3.05, 3.63) is 35.6 Å². The zero-order chi connectivity index (χ0) is 13.2. The van der Waals surface area contributed by atoms with E-state index in [1.165, 1.54) is 22.2 Å². The average molecular weight is 275 g/mol. The number of hydrogen-bond acceptors (Lipinski definition) is 6. The van der Waals surface area contributed by atoms with Gasteiger partial charge in [-0.15, -0.1) is 15.3 Å². The lowest BCUT2D eigenvalue weighted by Crippen LogP contribution is -2.12. The van der Waals surface area contributed by atoms with Crippen molar-refractivity contribution < 1.29 is 9.53 Å². The summed E-state index contributed by atoms with van der Waals surface area (Å²) in [5.74, 6) is 0.291. The fraction of sp³-hybridized carbons (Fsp3) is 0.0909. The first-order chi connectivity index (χ1) is 9.28. The van der Waals surface area contributed by atoms with Crippen LogP contribution in [-0.2, 0) is 0 Å². The van der Waals surface area contributed by atoms with Crippen molar-refractivity contribution >= 4 is 27.9 Å². The van der Waals surface area contributed by atoms with Crippen LogP contribution in [0.4, 0.5) is 5.69 Å². The quantitative estimate of drug-likeness (QED) is 0.782. The van der Waals surface area contributed by atoms with E-state index in [1.54, 1.807) is 19.2 Å². The van der Waals surface area contributed by atoms with E-state index in [-0.39, 0.29) is 5.91 Å². The number of hydrogen-bond donors (Lipinski definition) is 1. The number of benzene rings is 1. The number of fused-ring (bicyclic) bond motifs is 1. The van der Waals surface area contributed by atoms with E-state index in [9.17, 15) is 4.79 Å². The van der Waals surface area contributed by atoms with Gasteiger partial charge in [0.1, 0.15) is 12.1 Å². The van der Waals surface area contributed by atoms with Crippen molar-refractivity contribution in [1.29, 1.82) is 0 Å². The molecule has 19 heavy (non-hydrogen) atoms. The van der Waals surface area contributed by atoms with Crippen LogP contribution in [0.5, 0.6) is 5.75 Å². The van der Waals surface area contributed by atoms with Gasteiger partial charge in [-0.3, -0.25) is 4.79 Å². The third kappa shape index (κ3) is 2.13. The van der Waals surface area contributed by atoms with Crippen LogP contribution in [0.1, 0.15) is 9.80 Å². The SMILES string of the molecule is COc1ccccc1NC(=O)c1nn2cnnc2s1. The number of nitrogens with one attached hydrogen (secondary N) is 1. The first-order valence-corrected chi connectivity index (χ1v) is 6.21. The number of rotatable bonds is 3. The zero-order valence-electron chi connectivity index (χ0n) is 9.90. The Morgan fingerprint density at radius 3 is 3.05 bits per heavy atom. The van der Waals surface area contributed by atoms with Gasteiger partial charge in [-0.1, -0.05) is 23.5 Å². The van der Waals surface area contributed by atoms with Crippen LogP contribution in [0.15, 0.2) is 30.6 Å². The second kappa shape index (κ2) is 4.65. The van der Waals surface area contributed by atoms with E-state index in [0.29, 0.717) is 21.4 Å². The third-order valence-electron chi connectivity index (χ3n) is 2.44. The van der Waals surface area contributed by atoms with Crippen LogP contribution in [0.25, 0.3) is 4.96 Å². The maximum atomic E-state index is 12.1. The van der Waals surface area contributed by atoms with Crippen molar-refractivity contribution in [2.24, 2.45) is 0 Å². The largest absolute Gasteiger partial charge is 0.495 e. The highest BCUT2D eigenvalue weighted by Crippen LogP contribution is 2.24. The minimum absolute atomic E-state index is 0.306. The number of anilines is 1. The molecule has 0 unspecified atom stereocenters. The number of para-hydroxylation sites is 2. The van der Waals surface area contributed by atoms with Gasteiger partial charge in [-0.05, 0) is 12.1 Å². The van der Waals surface area contributed by atoms with E-state index < -0.39 is 0 Å². The molecule has 0 saturated heterocycles. The summed E-state index contributed by atoms with van der Waals surface area (Å²) in [5.41, 5.74) is 0.598. The molecule has 0 aliphatic heterocycles. The second-order valence-corrected chi connectivity index (χ2v) is 4.58.